The summed E-state index contributed by atoms with van der Waals surface area (Å²) < 4.78 is 3.12. The predicted molar refractivity (Wildman–Crippen MR) is 84.6 cm³/mol. The Hall–Kier alpha value is -1.91. The standard InChI is InChI=1S/C16H14BrN3/c17-14-7-3-2-6-13(14)16-10-19-11-20(16)15-8-4-1-5-12(15)9-18/h1-8,10-11H,9,18H2. The van der Waals surface area contributed by atoms with Crippen molar-refractivity contribution in [1.29, 1.82) is 0 Å². The van der Waals surface area contributed by atoms with E-state index in [1.165, 1.54) is 0 Å². The maximum atomic E-state index is 5.83. The molecule has 3 rings (SSSR count). The summed E-state index contributed by atoms with van der Waals surface area (Å²) >= 11 is 3.59. The maximum absolute atomic E-state index is 5.83. The average Bonchev–Trinajstić information content (AvgIpc) is 2.96. The summed E-state index contributed by atoms with van der Waals surface area (Å²) in [6.45, 7) is 0.504. The van der Waals surface area contributed by atoms with Crippen molar-refractivity contribution < 1.29 is 0 Å². The summed E-state index contributed by atoms with van der Waals surface area (Å²) in [7, 11) is 0. The first kappa shape index (κ1) is 13.1. The molecule has 4 heteroatoms. The quantitative estimate of drug-likeness (QED) is 0.795. The van der Waals surface area contributed by atoms with Crippen LogP contribution in [0.2, 0.25) is 0 Å². The Morgan fingerprint density at radius 2 is 1.80 bits per heavy atom. The second kappa shape index (κ2) is 5.61. The van der Waals surface area contributed by atoms with E-state index in [1.54, 1.807) is 0 Å². The zero-order valence-electron chi connectivity index (χ0n) is 10.8. The Morgan fingerprint density at radius 3 is 2.60 bits per heavy atom. The van der Waals surface area contributed by atoms with Crippen LogP contribution in [0, 0.1) is 0 Å². The molecule has 3 aromatic rings. The van der Waals surface area contributed by atoms with Crippen LogP contribution in [0.25, 0.3) is 16.9 Å². The molecular weight excluding hydrogens is 314 g/mol. The number of hydrogen-bond donors (Lipinski definition) is 1. The minimum atomic E-state index is 0.504. The first-order chi connectivity index (χ1) is 9.81. The highest BCUT2D eigenvalue weighted by molar-refractivity contribution is 9.10. The molecule has 1 heterocycles. The fraction of sp³-hybridized carbons (Fsp3) is 0.0625. The minimum absolute atomic E-state index is 0.504. The number of benzene rings is 2. The topological polar surface area (TPSA) is 43.8 Å². The number of halogens is 1. The predicted octanol–water partition coefficient (Wildman–Crippen LogP) is 3.76. The van der Waals surface area contributed by atoms with Crippen LogP contribution in [0.5, 0.6) is 0 Å². The molecule has 3 nitrogen and oxygen atoms in total. The van der Waals surface area contributed by atoms with Gasteiger partial charge in [0.2, 0.25) is 0 Å². The first-order valence-electron chi connectivity index (χ1n) is 6.37. The van der Waals surface area contributed by atoms with E-state index in [9.17, 15) is 0 Å². The summed E-state index contributed by atoms with van der Waals surface area (Å²) in [5.74, 6) is 0. The molecule has 0 amide bonds. The molecule has 2 N–H and O–H groups in total. The zero-order valence-corrected chi connectivity index (χ0v) is 12.4. The summed E-state index contributed by atoms with van der Waals surface area (Å²) in [5.41, 5.74) is 10.1. The molecule has 20 heavy (non-hydrogen) atoms. The van der Waals surface area contributed by atoms with Crippen molar-refractivity contribution in [3.63, 3.8) is 0 Å². The van der Waals surface area contributed by atoms with Crippen LogP contribution in [0.15, 0.2) is 65.5 Å². The number of nitrogens with two attached hydrogens (primary N) is 1. The normalized spacial score (nSPS) is 10.7. The van der Waals surface area contributed by atoms with Crippen LogP contribution in [0.1, 0.15) is 5.56 Å². The fourth-order valence-electron chi connectivity index (χ4n) is 2.27. The maximum Gasteiger partial charge on any atom is 0.0997 e. The minimum Gasteiger partial charge on any atom is -0.326 e. The van der Waals surface area contributed by atoms with Gasteiger partial charge < -0.3 is 5.73 Å². The zero-order chi connectivity index (χ0) is 13.9. The van der Waals surface area contributed by atoms with Gasteiger partial charge >= 0.3 is 0 Å². The van der Waals surface area contributed by atoms with E-state index in [4.69, 9.17) is 5.73 Å². The van der Waals surface area contributed by atoms with Crippen LogP contribution in [0.4, 0.5) is 0 Å². The van der Waals surface area contributed by atoms with Gasteiger partial charge in [-0.05, 0) is 17.7 Å². The van der Waals surface area contributed by atoms with Crippen molar-refractivity contribution in [3.05, 3.63) is 71.1 Å². The number of hydrogen-bond acceptors (Lipinski definition) is 2. The van der Waals surface area contributed by atoms with Gasteiger partial charge in [-0.25, -0.2) is 4.98 Å². The van der Waals surface area contributed by atoms with E-state index in [0.717, 1.165) is 27.0 Å². The Bertz CT molecular complexity index is 734. The highest BCUT2D eigenvalue weighted by Gasteiger charge is 2.11. The molecule has 0 atom stereocenters. The summed E-state index contributed by atoms with van der Waals surface area (Å²) in [6, 6.07) is 16.2. The largest absolute Gasteiger partial charge is 0.326 e. The van der Waals surface area contributed by atoms with E-state index >= 15 is 0 Å². The molecule has 0 aliphatic heterocycles. The van der Waals surface area contributed by atoms with Gasteiger partial charge in [0, 0.05) is 16.6 Å². The third kappa shape index (κ3) is 2.28. The van der Waals surface area contributed by atoms with Gasteiger partial charge in [0.1, 0.15) is 0 Å². The Balaban J connectivity index is 2.19. The van der Waals surface area contributed by atoms with Crippen molar-refractivity contribution in [2.75, 3.05) is 0 Å². The Labute approximate surface area is 126 Å². The molecule has 0 radical (unpaired) electrons. The highest BCUT2D eigenvalue weighted by atomic mass is 79.9. The summed E-state index contributed by atoms with van der Waals surface area (Å²) in [5, 5.41) is 0. The lowest BCUT2D eigenvalue weighted by atomic mass is 10.1. The SMILES string of the molecule is NCc1ccccc1-n1cncc1-c1ccccc1Br. The molecule has 0 fully saturated rings. The van der Waals surface area contributed by atoms with Crippen LogP contribution >= 0.6 is 15.9 Å². The van der Waals surface area contributed by atoms with Crippen molar-refractivity contribution in [2.45, 2.75) is 6.54 Å². The lowest BCUT2D eigenvalue weighted by Crippen LogP contribution is -2.04. The highest BCUT2D eigenvalue weighted by Crippen LogP contribution is 2.30. The molecule has 1 aromatic heterocycles. The lowest BCUT2D eigenvalue weighted by molar-refractivity contribution is 0.986. The average molecular weight is 328 g/mol. The van der Waals surface area contributed by atoms with Gasteiger partial charge in [-0.1, -0.05) is 52.3 Å². The van der Waals surface area contributed by atoms with Crippen LogP contribution < -0.4 is 5.73 Å². The summed E-state index contributed by atoms with van der Waals surface area (Å²) in [6.07, 6.45) is 3.69. The van der Waals surface area contributed by atoms with Crippen molar-refractivity contribution in [2.24, 2.45) is 5.73 Å². The molecule has 0 saturated heterocycles. The van der Waals surface area contributed by atoms with Crippen molar-refractivity contribution in [3.8, 4) is 16.9 Å². The van der Waals surface area contributed by atoms with E-state index in [0.29, 0.717) is 6.54 Å². The van der Waals surface area contributed by atoms with Gasteiger partial charge in [-0.3, -0.25) is 4.57 Å². The number of para-hydroxylation sites is 1. The van der Waals surface area contributed by atoms with Gasteiger partial charge in [0.25, 0.3) is 0 Å². The molecule has 0 aliphatic carbocycles. The first-order valence-corrected chi connectivity index (χ1v) is 7.16. The molecule has 0 unspecified atom stereocenters. The van der Waals surface area contributed by atoms with Crippen LogP contribution in [0.3, 0.4) is 0 Å². The van der Waals surface area contributed by atoms with Gasteiger partial charge in [0.05, 0.1) is 23.9 Å². The van der Waals surface area contributed by atoms with Crippen LogP contribution in [-0.4, -0.2) is 9.55 Å². The third-order valence-electron chi connectivity index (χ3n) is 3.26. The fourth-order valence-corrected chi connectivity index (χ4v) is 2.76. The van der Waals surface area contributed by atoms with E-state index in [2.05, 4.69) is 37.6 Å². The second-order valence-electron chi connectivity index (χ2n) is 4.46. The molecule has 0 spiro atoms. The molecule has 0 bridgehead atoms. The molecule has 2 aromatic carbocycles. The molecular formula is C16H14BrN3. The monoisotopic (exact) mass is 327 g/mol. The van der Waals surface area contributed by atoms with Crippen molar-refractivity contribution in [1.82, 2.24) is 9.55 Å². The molecule has 0 aliphatic rings. The number of imidazole rings is 1. The molecule has 100 valence electrons. The van der Waals surface area contributed by atoms with E-state index in [1.807, 2.05) is 48.9 Å². The number of nitrogens with zero attached hydrogens (tertiary/aromatic N) is 2. The van der Waals surface area contributed by atoms with Gasteiger partial charge in [0.15, 0.2) is 0 Å². The third-order valence-corrected chi connectivity index (χ3v) is 3.95. The summed E-state index contributed by atoms with van der Waals surface area (Å²) in [4.78, 5) is 4.29. The van der Waals surface area contributed by atoms with Crippen molar-refractivity contribution >= 4 is 15.9 Å². The van der Waals surface area contributed by atoms with Gasteiger partial charge in [-0.15, -0.1) is 0 Å². The second-order valence-corrected chi connectivity index (χ2v) is 5.32. The smallest absolute Gasteiger partial charge is 0.0997 e. The van der Waals surface area contributed by atoms with Crippen LogP contribution in [-0.2, 0) is 6.54 Å². The number of aromatic nitrogens is 2. The van der Waals surface area contributed by atoms with E-state index < -0.39 is 0 Å². The Kier molecular flexibility index (Phi) is 3.67. The van der Waals surface area contributed by atoms with E-state index in [-0.39, 0.29) is 0 Å². The lowest BCUT2D eigenvalue weighted by Gasteiger charge is -2.13. The molecule has 0 saturated carbocycles. The van der Waals surface area contributed by atoms with Gasteiger partial charge in [-0.2, -0.15) is 0 Å². The Morgan fingerprint density at radius 1 is 1.05 bits per heavy atom. The number of rotatable bonds is 3.